The molecule has 0 spiro atoms. The highest BCUT2D eigenvalue weighted by molar-refractivity contribution is 5.89. The Hall–Kier alpha value is -3.13. The van der Waals surface area contributed by atoms with Gasteiger partial charge in [-0.3, -0.25) is 9.59 Å². The molecular formula is C22H25N3O2. The molecule has 0 aromatic heterocycles. The van der Waals surface area contributed by atoms with Gasteiger partial charge in [0.1, 0.15) is 6.54 Å². The number of carbonyl (C=O) groups excluding carboxylic acids is 2. The monoisotopic (exact) mass is 363 g/mol. The summed E-state index contributed by atoms with van der Waals surface area (Å²) in [6, 6.07) is 17.5. The Bertz CT molecular complexity index is 835. The lowest BCUT2D eigenvalue weighted by Gasteiger charge is -2.19. The van der Waals surface area contributed by atoms with Crippen LogP contribution in [0.5, 0.6) is 0 Å². The van der Waals surface area contributed by atoms with E-state index in [1.807, 2.05) is 54.6 Å². The van der Waals surface area contributed by atoms with E-state index >= 15 is 0 Å². The van der Waals surface area contributed by atoms with Crippen LogP contribution >= 0.6 is 0 Å². The summed E-state index contributed by atoms with van der Waals surface area (Å²) in [5, 5.41) is 14.2. The van der Waals surface area contributed by atoms with Gasteiger partial charge in [-0.05, 0) is 41.2 Å². The van der Waals surface area contributed by atoms with Crippen LogP contribution in [0.3, 0.4) is 0 Å². The Labute approximate surface area is 160 Å². The summed E-state index contributed by atoms with van der Waals surface area (Å²) in [4.78, 5) is 23.7. The van der Waals surface area contributed by atoms with E-state index in [-0.39, 0.29) is 24.3 Å². The first-order chi connectivity index (χ1) is 12.9. The Morgan fingerprint density at radius 2 is 1.78 bits per heavy atom. The normalized spacial score (nSPS) is 11.5. The second-order valence-corrected chi connectivity index (χ2v) is 6.94. The van der Waals surface area contributed by atoms with Gasteiger partial charge in [0.15, 0.2) is 0 Å². The number of rotatable bonds is 7. The van der Waals surface area contributed by atoms with Crippen molar-refractivity contribution in [2.24, 2.45) is 5.92 Å². The third-order valence-corrected chi connectivity index (χ3v) is 4.19. The average molecular weight is 363 g/mol. The fourth-order valence-electron chi connectivity index (χ4n) is 3.00. The third-order valence-electron chi connectivity index (χ3n) is 4.19. The predicted octanol–water partition coefficient (Wildman–Crippen LogP) is 4.08. The molecule has 1 unspecified atom stereocenters. The molecule has 0 heterocycles. The van der Waals surface area contributed by atoms with Gasteiger partial charge in [0, 0.05) is 12.6 Å². The maximum absolute atomic E-state index is 12.5. The maximum atomic E-state index is 12.5. The van der Waals surface area contributed by atoms with Gasteiger partial charge in [0.2, 0.25) is 11.8 Å². The second-order valence-electron chi connectivity index (χ2n) is 6.94. The van der Waals surface area contributed by atoms with Crippen LogP contribution in [0.2, 0.25) is 0 Å². The lowest BCUT2D eigenvalue weighted by molar-refractivity contribution is -0.122. The van der Waals surface area contributed by atoms with Gasteiger partial charge >= 0.3 is 0 Å². The van der Waals surface area contributed by atoms with E-state index in [2.05, 4.69) is 24.5 Å². The summed E-state index contributed by atoms with van der Waals surface area (Å²) in [7, 11) is 0. The zero-order valence-electron chi connectivity index (χ0n) is 16.0. The number of hydrogen-bond donors (Lipinski definition) is 2. The first kappa shape index (κ1) is 20.2. The highest BCUT2D eigenvalue weighted by atomic mass is 16.2. The molecule has 0 saturated heterocycles. The molecule has 5 heteroatoms. The largest absolute Gasteiger partial charge is 0.342 e. The molecule has 0 radical (unpaired) electrons. The molecule has 0 aliphatic carbocycles. The summed E-state index contributed by atoms with van der Waals surface area (Å²) in [6.45, 7) is 5.64. The number of nitrogens with one attached hydrogen (secondary N) is 2. The molecule has 2 amide bonds. The molecule has 5 nitrogen and oxygen atoms in total. The minimum atomic E-state index is -0.294. The number of carbonyl (C=O) groups is 2. The van der Waals surface area contributed by atoms with Crippen molar-refractivity contribution in [3.63, 3.8) is 0 Å². The van der Waals surface area contributed by atoms with Gasteiger partial charge in [-0.25, -0.2) is 0 Å². The van der Waals surface area contributed by atoms with Crippen LogP contribution in [-0.2, 0) is 9.59 Å². The van der Waals surface area contributed by atoms with Gasteiger partial charge in [-0.1, -0.05) is 50.2 Å². The molecule has 27 heavy (non-hydrogen) atoms. The highest BCUT2D eigenvalue weighted by Crippen LogP contribution is 2.29. The van der Waals surface area contributed by atoms with Crippen molar-refractivity contribution in [3.8, 4) is 17.2 Å². The Kier molecular flexibility index (Phi) is 7.13. The number of nitriles is 1. The van der Waals surface area contributed by atoms with Crippen molar-refractivity contribution in [2.75, 3.05) is 11.9 Å². The molecule has 0 aliphatic rings. The SMILES string of the molecule is CC(=O)Nc1ccc(-c2cccc(C(CC(C)C)C(=O)NCC#N)c2)cc1. The van der Waals surface area contributed by atoms with Gasteiger partial charge in [0.05, 0.1) is 12.0 Å². The Balaban J connectivity index is 2.29. The van der Waals surface area contributed by atoms with Crippen LogP contribution in [0.1, 0.15) is 38.7 Å². The Morgan fingerprint density at radius 1 is 1.07 bits per heavy atom. The number of hydrogen-bond acceptors (Lipinski definition) is 3. The van der Waals surface area contributed by atoms with Crippen LogP contribution in [0.15, 0.2) is 48.5 Å². The standard InChI is InChI=1S/C22H25N3O2/c1-15(2)13-21(22(27)24-12-11-23)19-6-4-5-18(14-19)17-7-9-20(10-8-17)25-16(3)26/h4-10,14-15,21H,12-13H2,1-3H3,(H,24,27)(H,25,26). The maximum Gasteiger partial charge on any atom is 0.228 e. The van der Waals surface area contributed by atoms with Crippen LogP contribution < -0.4 is 10.6 Å². The smallest absolute Gasteiger partial charge is 0.228 e. The van der Waals surface area contributed by atoms with E-state index in [0.29, 0.717) is 12.3 Å². The molecule has 0 saturated carbocycles. The van der Waals surface area contributed by atoms with E-state index in [0.717, 1.165) is 22.4 Å². The van der Waals surface area contributed by atoms with Crippen molar-refractivity contribution >= 4 is 17.5 Å². The molecular weight excluding hydrogens is 338 g/mol. The van der Waals surface area contributed by atoms with Crippen molar-refractivity contribution in [1.82, 2.24) is 5.32 Å². The lowest BCUT2D eigenvalue weighted by Crippen LogP contribution is -2.30. The van der Waals surface area contributed by atoms with Crippen LogP contribution in [0.4, 0.5) is 5.69 Å². The van der Waals surface area contributed by atoms with Crippen LogP contribution in [0, 0.1) is 17.2 Å². The molecule has 2 aromatic rings. The quantitative estimate of drug-likeness (QED) is 0.727. The molecule has 0 aliphatic heterocycles. The average Bonchev–Trinajstić information content (AvgIpc) is 2.64. The van der Waals surface area contributed by atoms with Gasteiger partial charge in [-0.2, -0.15) is 5.26 Å². The molecule has 1 atom stereocenters. The van der Waals surface area contributed by atoms with E-state index in [1.54, 1.807) is 0 Å². The number of nitrogens with zero attached hydrogens (tertiary/aromatic N) is 1. The van der Waals surface area contributed by atoms with E-state index in [4.69, 9.17) is 5.26 Å². The number of benzene rings is 2. The minimum absolute atomic E-state index is 0.0116. The van der Waals surface area contributed by atoms with Crippen molar-refractivity contribution in [3.05, 3.63) is 54.1 Å². The van der Waals surface area contributed by atoms with Crippen LogP contribution in [0.25, 0.3) is 11.1 Å². The highest BCUT2D eigenvalue weighted by Gasteiger charge is 2.22. The van der Waals surface area contributed by atoms with Gasteiger partial charge in [-0.15, -0.1) is 0 Å². The first-order valence-electron chi connectivity index (χ1n) is 9.03. The predicted molar refractivity (Wildman–Crippen MR) is 107 cm³/mol. The summed E-state index contributed by atoms with van der Waals surface area (Å²) in [5.41, 5.74) is 3.69. The van der Waals surface area contributed by atoms with Crippen molar-refractivity contribution in [1.29, 1.82) is 5.26 Å². The molecule has 2 rings (SSSR count). The molecule has 2 N–H and O–H groups in total. The molecule has 0 bridgehead atoms. The molecule has 140 valence electrons. The zero-order valence-corrected chi connectivity index (χ0v) is 16.0. The topological polar surface area (TPSA) is 82.0 Å². The number of anilines is 1. The lowest BCUT2D eigenvalue weighted by atomic mass is 9.88. The summed E-state index contributed by atoms with van der Waals surface area (Å²) < 4.78 is 0. The third kappa shape index (κ3) is 5.96. The summed E-state index contributed by atoms with van der Waals surface area (Å²) in [5.74, 6) is -0.173. The van der Waals surface area contributed by atoms with Gasteiger partial charge < -0.3 is 10.6 Å². The molecule has 2 aromatic carbocycles. The zero-order chi connectivity index (χ0) is 19.8. The molecule has 0 fully saturated rings. The Morgan fingerprint density at radius 3 is 2.37 bits per heavy atom. The second kappa shape index (κ2) is 9.54. The van der Waals surface area contributed by atoms with E-state index < -0.39 is 0 Å². The first-order valence-corrected chi connectivity index (χ1v) is 9.03. The fourth-order valence-corrected chi connectivity index (χ4v) is 3.00. The summed E-state index contributed by atoms with van der Waals surface area (Å²) in [6.07, 6.45) is 0.711. The fraction of sp³-hybridized carbons (Fsp3) is 0.318. The van der Waals surface area contributed by atoms with Crippen molar-refractivity contribution < 1.29 is 9.59 Å². The number of amides is 2. The van der Waals surface area contributed by atoms with Crippen molar-refractivity contribution in [2.45, 2.75) is 33.1 Å². The summed E-state index contributed by atoms with van der Waals surface area (Å²) >= 11 is 0. The van der Waals surface area contributed by atoms with E-state index in [9.17, 15) is 9.59 Å². The van der Waals surface area contributed by atoms with Crippen LogP contribution in [-0.4, -0.2) is 18.4 Å². The van der Waals surface area contributed by atoms with Gasteiger partial charge in [0.25, 0.3) is 0 Å². The minimum Gasteiger partial charge on any atom is -0.342 e. The van der Waals surface area contributed by atoms with E-state index in [1.165, 1.54) is 6.92 Å².